The van der Waals surface area contributed by atoms with Crippen LogP contribution in [0.4, 0.5) is 5.69 Å². The number of allylic oxidation sites excluding steroid dienone is 1. The van der Waals surface area contributed by atoms with Crippen molar-refractivity contribution in [2.75, 3.05) is 12.4 Å². The van der Waals surface area contributed by atoms with Crippen LogP contribution >= 0.6 is 0 Å². The Morgan fingerprint density at radius 1 is 0.756 bits per heavy atom. The number of hydrogen-bond acceptors (Lipinski definition) is 4. The van der Waals surface area contributed by atoms with E-state index in [4.69, 9.17) is 4.74 Å². The summed E-state index contributed by atoms with van der Waals surface area (Å²) in [5.74, 6) is -0.0102. The van der Waals surface area contributed by atoms with Gasteiger partial charge in [0.1, 0.15) is 11.4 Å². The highest BCUT2D eigenvalue weighted by molar-refractivity contribution is 6.11. The highest BCUT2D eigenvalue weighted by atomic mass is 16.5. The van der Waals surface area contributed by atoms with Gasteiger partial charge in [-0.25, -0.2) is 0 Å². The van der Waals surface area contributed by atoms with Crippen molar-refractivity contribution in [3.8, 4) is 5.75 Å². The molecule has 0 bridgehead atoms. The number of ether oxygens (including phenoxy) is 1. The first kappa shape index (κ1) is 28.8. The predicted molar refractivity (Wildman–Crippen MR) is 164 cm³/mol. The maximum Gasteiger partial charge on any atom is 0.272 e. The Balaban J connectivity index is 1.48. The molecular formula is C35H32N2O4. The van der Waals surface area contributed by atoms with Gasteiger partial charge in [0.15, 0.2) is 5.78 Å². The smallest absolute Gasteiger partial charge is 0.272 e. The third-order valence-electron chi connectivity index (χ3n) is 6.39. The normalized spacial score (nSPS) is 11.4. The number of methoxy groups -OCH3 is 1. The van der Waals surface area contributed by atoms with Crippen LogP contribution in [-0.4, -0.2) is 24.7 Å². The van der Waals surface area contributed by atoms with E-state index in [1.165, 1.54) is 11.6 Å². The van der Waals surface area contributed by atoms with Gasteiger partial charge in [-0.2, -0.15) is 0 Å². The van der Waals surface area contributed by atoms with Crippen LogP contribution in [0, 0.1) is 0 Å². The minimum absolute atomic E-state index is 0.0543. The lowest BCUT2D eigenvalue weighted by molar-refractivity contribution is -0.113. The number of nitrogens with one attached hydrogen (secondary N) is 2. The van der Waals surface area contributed by atoms with E-state index in [2.05, 4.69) is 36.6 Å². The molecule has 6 heteroatoms. The molecule has 4 rings (SSSR count). The van der Waals surface area contributed by atoms with Crippen LogP contribution < -0.4 is 15.4 Å². The summed E-state index contributed by atoms with van der Waals surface area (Å²) in [6.45, 7) is 4.28. The average Bonchev–Trinajstić information content (AvgIpc) is 3.00. The molecule has 41 heavy (non-hydrogen) atoms. The molecule has 2 N–H and O–H groups in total. The highest BCUT2D eigenvalue weighted by Gasteiger charge is 2.15. The number of amides is 2. The van der Waals surface area contributed by atoms with E-state index >= 15 is 0 Å². The molecule has 0 aliphatic carbocycles. The summed E-state index contributed by atoms with van der Waals surface area (Å²) in [6, 6.07) is 30.5. The third kappa shape index (κ3) is 8.13. The predicted octanol–water partition coefficient (Wildman–Crippen LogP) is 7.12. The second kappa shape index (κ2) is 13.7. The van der Waals surface area contributed by atoms with Gasteiger partial charge in [0.25, 0.3) is 11.8 Å². The summed E-state index contributed by atoms with van der Waals surface area (Å²) >= 11 is 0. The minimum atomic E-state index is -0.513. The molecule has 0 heterocycles. The number of ketones is 1. The lowest BCUT2D eigenvalue weighted by atomic mass is 10.0. The molecule has 0 saturated heterocycles. The topological polar surface area (TPSA) is 84.5 Å². The maximum atomic E-state index is 13.3. The SMILES string of the molecule is COc1cccc(/C=C(\NC(=O)c2ccccc2)C(=O)Nc2ccc(C(=O)/C=C/c3ccc(C(C)C)cc3)cc2)c1. The number of anilines is 1. The fraction of sp³-hybridized carbons (Fsp3) is 0.114. The van der Waals surface area contributed by atoms with Crippen LogP contribution in [0.5, 0.6) is 5.75 Å². The molecule has 206 valence electrons. The monoisotopic (exact) mass is 544 g/mol. The molecular weight excluding hydrogens is 512 g/mol. The molecule has 0 radical (unpaired) electrons. The van der Waals surface area contributed by atoms with Gasteiger partial charge in [0.05, 0.1) is 7.11 Å². The van der Waals surface area contributed by atoms with Gasteiger partial charge in [-0.3, -0.25) is 14.4 Å². The van der Waals surface area contributed by atoms with Crippen LogP contribution in [0.15, 0.2) is 115 Å². The van der Waals surface area contributed by atoms with Crippen molar-refractivity contribution in [2.24, 2.45) is 0 Å². The standard InChI is InChI=1S/C35H32N2O4/c1-24(2)27-15-12-25(13-16-27)14-21-33(38)28-17-19-30(20-18-28)36-35(40)32(23-26-8-7-11-31(22-26)41-3)37-34(39)29-9-5-4-6-10-29/h4-24H,1-3H3,(H,36,40)(H,37,39)/b21-14+,32-23-. The Hall–Kier alpha value is -5.23. The van der Waals surface area contributed by atoms with E-state index in [0.717, 1.165) is 5.56 Å². The highest BCUT2D eigenvalue weighted by Crippen LogP contribution is 2.18. The third-order valence-corrected chi connectivity index (χ3v) is 6.39. The van der Waals surface area contributed by atoms with Crippen molar-refractivity contribution in [1.29, 1.82) is 0 Å². The molecule has 0 atom stereocenters. The van der Waals surface area contributed by atoms with Crippen LogP contribution in [0.2, 0.25) is 0 Å². The van der Waals surface area contributed by atoms with Crippen LogP contribution in [0.1, 0.15) is 57.2 Å². The fourth-order valence-corrected chi connectivity index (χ4v) is 4.02. The molecule has 0 fully saturated rings. The van der Waals surface area contributed by atoms with Gasteiger partial charge >= 0.3 is 0 Å². The van der Waals surface area contributed by atoms with E-state index in [1.807, 2.05) is 18.2 Å². The lowest BCUT2D eigenvalue weighted by Gasteiger charge is -2.12. The zero-order valence-electron chi connectivity index (χ0n) is 23.3. The molecule has 2 amide bonds. The Morgan fingerprint density at radius 3 is 2.12 bits per heavy atom. The average molecular weight is 545 g/mol. The van der Waals surface area contributed by atoms with Crippen LogP contribution in [0.25, 0.3) is 12.2 Å². The fourth-order valence-electron chi connectivity index (χ4n) is 4.02. The van der Waals surface area contributed by atoms with E-state index in [9.17, 15) is 14.4 Å². The largest absolute Gasteiger partial charge is 0.497 e. The van der Waals surface area contributed by atoms with Gasteiger partial charge in [-0.1, -0.05) is 74.5 Å². The second-order valence-corrected chi connectivity index (χ2v) is 9.71. The van der Waals surface area contributed by atoms with E-state index in [1.54, 1.807) is 92.1 Å². The molecule has 0 aliphatic rings. The Morgan fingerprint density at radius 2 is 1.46 bits per heavy atom. The van der Waals surface area contributed by atoms with Gasteiger partial charge in [0, 0.05) is 16.8 Å². The molecule has 0 unspecified atom stereocenters. The van der Waals surface area contributed by atoms with Crippen molar-refractivity contribution in [1.82, 2.24) is 5.32 Å². The molecule has 4 aromatic carbocycles. The molecule has 4 aromatic rings. The molecule has 6 nitrogen and oxygen atoms in total. The summed E-state index contributed by atoms with van der Waals surface area (Å²) in [4.78, 5) is 38.8. The van der Waals surface area contributed by atoms with E-state index in [0.29, 0.717) is 34.0 Å². The Labute approximate surface area is 240 Å². The van der Waals surface area contributed by atoms with Crippen LogP contribution in [0.3, 0.4) is 0 Å². The van der Waals surface area contributed by atoms with E-state index < -0.39 is 11.8 Å². The summed E-state index contributed by atoms with van der Waals surface area (Å²) < 4.78 is 5.28. The quantitative estimate of drug-likeness (QED) is 0.164. The maximum absolute atomic E-state index is 13.3. The summed E-state index contributed by atoms with van der Waals surface area (Å²) in [5, 5.41) is 5.52. The van der Waals surface area contributed by atoms with Gasteiger partial charge in [-0.15, -0.1) is 0 Å². The minimum Gasteiger partial charge on any atom is -0.497 e. The summed E-state index contributed by atoms with van der Waals surface area (Å²) in [6.07, 6.45) is 4.90. The number of benzene rings is 4. The first-order valence-electron chi connectivity index (χ1n) is 13.3. The Bertz CT molecular complexity index is 1570. The molecule has 0 aliphatic heterocycles. The van der Waals surface area contributed by atoms with Crippen molar-refractivity contribution >= 4 is 35.4 Å². The van der Waals surface area contributed by atoms with Gasteiger partial charge < -0.3 is 15.4 Å². The second-order valence-electron chi connectivity index (χ2n) is 9.71. The van der Waals surface area contributed by atoms with Crippen molar-refractivity contribution in [2.45, 2.75) is 19.8 Å². The molecule has 0 saturated carbocycles. The number of carbonyl (C=O) groups is 3. The summed E-state index contributed by atoms with van der Waals surface area (Å²) in [5.41, 5.74) is 4.30. The molecule has 0 aromatic heterocycles. The zero-order valence-corrected chi connectivity index (χ0v) is 23.3. The van der Waals surface area contributed by atoms with Gasteiger partial charge in [-0.05, 0) is 83.3 Å². The van der Waals surface area contributed by atoms with Crippen molar-refractivity contribution < 1.29 is 19.1 Å². The van der Waals surface area contributed by atoms with E-state index in [-0.39, 0.29) is 11.5 Å². The number of carbonyl (C=O) groups excluding carboxylic acids is 3. The Kier molecular flexibility index (Phi) is 9.62. The summed E-state index contributed by atoms with van der Waals surface area (Å²) in [7, 11) is 1.56. The number of rotatable bonds is 10. The van der Waals surface area contributed by atoms with Gasteiger partial charge in [0.2, 0.25) is 0 Å². The first-order valence-corrected chi connectivity index (χ1v) is 13.3. The number of hydrogen-bond donors (Lipinski definition) is 2. The van der Waals surface area contributed by atoms with Crippen molar-refractivity contribution in [3.05, 3.63) is 143 Å². The van der Waals surface area contributed by atoms with Crippen molar-refractivity contribution in [3.63, 3.8) is 0 Å². The lowest BCUT2D eigenvalue weighted by Crippen LogP contribution is -2.30. The van der Waals surface area contributed by atoms with Crippen LogP contribution in [-0.2, 0) is 4.79 Å². The molecule has 0 spiro atoms. The zero-order chi connectivity index (χ0) is 29.2. The first-order chi connectivity index (χ1) is 19.8.